The van der Waals surface area contributed by atoms with Gasteiger partial charge in [-0.2, -0.15) is 0 Å². The van der Waals surface area contributed by atoms with Crippen molar-refractivity contribution in [1.29, 1.82) is 0 Å². The van der Waals surface area contributed by atoms with Crippen molar-refractivity contribution >= 4 is 49.3 Å². The number of rotatable bonds is 4. The van der Waals surface area contributed by atoms with Crippen molar-refractivity contribution in [2.75, 3.05) is 6.07 Å². The molecule has 0 radical (unpaired) electrons. The summed E-state index contributed by atoms with van der Waals surface area (Å²) in [6.07, 6.45) is 0. The van der Waals surface area contributed by atoms with Gasteiger partial charge in [0.25, 0.3) is 0 Å². The number of hydrogen-bond donors (Lipinski definition) is 1. The standard InChI is InChI=1S/C2H6ClO7P2.Sn/c3-1-10-12(8,9)2(4)11(5,6)7;/h4H,1H2,(H,8,9)(H2,5,6,7);/q;+3/p-3. The fourth-order valence-electron chi connectivity index (χ4n) is 0.304. The first-order valence-electron chi connectivity index (χ1n) is 2.57. The Morgan fingerprint density at radius 3 is 2.08 bits per heavy atom. The van der Waals surface area contributed by atoms with Gasteiger partial charge in [-0.15, -0.1) is 0 Å². The molecular formula is C2H3ClO7P2Sn. The van der Waals surface area contributed by atoms with Crippen molar-refractivity contribution < 1.29 is 33.4 Å². The third kappa shape index (κ3) is 3.15. The zero-order valence-corrected chi connectivity index (χ0v) is 11.3. The van der Waals surface area contributed by atoms with Gasteiger partial charge in [0.15, 0.2) is 0 Å². The van der Waals surface area contributed by atoms with Crippen LogP contribution in [0.15, 0.2) is 0 Å². The summed E-state index contributed by atoms with van der Waals surface area (Å²) in [6, 6.07) is -0.864. The van der Waals surface area contributed by atoms with E-state index in [1.54, 1.807) is 0 Å². The Bertz CT molecular complexity index is 272. The fourth-order valence-corrected chi connectivity index (χ4v) is 2.92. The molecule has 0 amide bonds. The molecule has 11 heteroatoms. The Kier molecular flexibility index (Phi) is 4.93. The molecule has 2 atom stereocenters. The zero-order valence-electron chi connectivity index (χ0n) is 5.88. The molecule has 0 aliphatic heterocycles. The molecule has 0 aromatic heterocycles. The molecule has 0 spiro atoms. The van der Waals surface area contributed by atoms with Crippen molar-refractivity contribution in [2.45, 2.75) is 3.10 Å². The van der Waals surface area contributed by atoms with Gasteiger partial charge in [0, 0.05) is 0 Å². The molecule has 74 valence electrons. The first kappa shape index (κ1) is 14.3. The fraction of sp³-hybridized carbons (Fsp3) is 1.00. The molecule has 1 N–H and O–H groups in total. The van der Waals surface area contributed by atoms with Crippen LogP contribution in [0.1, 0.15) is 0 Å². The number of alkyl halides is 1. The van der Waals surface area contributed by atoms with E-state index in [2.05, 4.69) is 4.52 Å². The molecule has 0 saturated carbocycles. The van der Waals surface area contributed by atoms with Crippen LogP contribution >= 0.6 is 26.8 Å². The molecule has 0 heterocycles. The van der Waals surface area contributed by atoms with E-state index in [1.165, 1.54) is 0 Å². The number of hydrogen-bond acceptors (Lipinski definition) is 7. The first-order chi connectivity index (χ1) is 5.56. The minimum atomic E-state index is -5.68. The Morgan fingerprint density at radius 2 is 1.85 bits per heavy atom. The predicted octanol–water partition coefficient (Wildman–Crippen LogP) is -2.56. The van der Waals surface area contributed by atoms with E-state index >= 15 is 0 Å². The molecular weight excluding hydrogens is 352 g/mol. The van der Waals surface area contributed by atoms with Gasteiger partial charge in [0.05, 0.1) is 0 Å². The molecule has 13 heavy (non-hydrogen) atoms. The van der Waals surface area contributed by atoms with Crippen LogP contribution in [0, 0.1) is 0 Å². The van der Waals surface area contributed by atoms with Crippen LogP contribution in [0.3, 0.4) is 0 Å². The molecule has 0 aromatic rings. The predicted molar refractivity (Wildman–Crippen MR) is 37.7 cm³/mol. The van der Waals surface area contributed by atoms with Gasteiger partial charge in [-0.25, -0.2) is 0 Å². The number of halogens is 1. The Labute approximate surface area is 91.8 Å². The normalized spacial score (nSPS) is 22.1. The first-order valence-corrected chi connectivity index (χ1v) is 7.62. The van der Waals surface area contributed by atoms with E-state index in [9.17, 15) is 23.8 Å². The van der Waals surface area contributed by atoms with Crippen molar-refractivity contribution in [3.63, 3.8) is 0 Å². The monoisotopic (exact) mass is 356 g/mol. The van der Waals surface area contributed by atoms with Crippen molar-refractivity contribution in [1.82, 2.24) is 0 Å². The molecule has 7 nitrogen and oxygen atoms in total. The van der Waals surface area contributed by atoms with E-state index in [1.807, 2.05) is 0 Å². The van der Waals surface area contributed by atoms with Crippen LogP contribution < -0.4 is 14.7 Å². The molecule has 0 bridgehead atoms. The summed E-state index contributed by atoms with van der Waals surface area (Å²) >= 11 is 4.44. The van der Waals surface area contributed by atoms with Gasteiger partial charge in [-0.05, 0) is 0 Å². The van der Waals surface area contributed by atoms with Crippen LogP contribution in [-0.2, 0) is 13.7 Å². The van der Waals surface area contributed by atoms with Crippen LogP contribution in [0.5, 0.6) is 0 Å². The summed E-state index contributed by atoms with van der Waals surface area (Å²) in [7, 11) is -10.9. The van der Waals surface area contributed by atoms with Gasteiger partial charge in [-0.3, -0.25) is 0 Å². The third-order valence-corrected chi connectivity index (χ3v) is 9.40. The van der Waals surface area contributed by atoms with E-state index < -0.39 is 46.9 Å². The second-order valence-electron chi connectivity index (χ2n) is 1.87. The summed E-state index contributed by atoms with van der Waals surface area (Å²) in [4.78, 5) is 31.5. The molecule has 0 aliphatic carbocycles. The van der Waals surface area contributed by atoms with E-state index in [4.69, 9.17) is 16.7 Å². The van der Waals surface area contributed by atoms with Crippen LogP contribution in [0.2, 0.25) is 0 Å². The quantitative estimate of drug-likeness (QED) is 0.333. The molecule has 0 fully saturated rings. The van der Waals surface area contributed by atoms with Crippen LogP contribution in [-0.4, -0.2) is 36.8 Å². The van der Waals surface area contributed by atoms with Gasteiger partial charge >= 0.3 is 91.9 Å². The topological polar surface area (TPSA) is 133 Å². The van der Waals surface area contributed by atoms with Crippen LogP contribution in [0.25, 0.3) is 0 Å². The maximum atomic E-state index is 10.8. The second kappa shape index (κ2) is 4.47. The minimum absolute atomic E-state index is 0.416. The second-order valence-corrected chi connectivity index (χ2v) is 10.4. The Hall–Kier alpha value is 1.35. The van der Waals surface area contributed by atoms with Crippen molar-refractivity contribution in [3.05, 3.63) is 0 Å². The van der Waals surface area contributed by atoms with Gasteiger partial charge < -0.3 is 0 Å². The SMILES string of the molecule is O=P([O-])([O-])[C](O)([Sn+3])P(=O)([O-])OCCl. The van der Waals surface area contributed by atoms with Gasteiger partial charge in [0.2, 0.25) is 0 Å². The summed E-state index contributed by atoms with van der Waals surface area (Å²) in [6.45, 7) is 0. The molecule has 0 aromatic carbocycles. The van der Waals surface area contributed by atoms with E-state index in [0.29, 0.717) is 0 Å². The van der Waals surface area contributed by atoms with Crippen molar-refractivity contribution in [3.8, 4) is 0 Å². The molecule has 0 saturated heterocycles. The Morgan fingerprint density at radius 1 is 1.46 bits per heavy atom. The average molecular weight is 355 g/mol. The Balaban J connectivity index is 5.05. The zero-order chi connectivity index (χ0) is 10.9. The van der Waals surface area contributed by atoms with Crippen LogP contribution in [0.4, 0.5) is 0 Å². The summed E-state index contributed by atoms with van der Waals surface area (Å²) in [5.74, 6) is 0. The summed E-state index contributed by atoms with van der Waals surface area (Å²) in [5.41, 5.74) is 0. The van der Waals surface area contributed by atoms with Gasteiger partial charge in [-0.1, -0.05) is 0 Å². The summed E-state index contributed by atoms with van der Waals surface area (Å²) in [5, 5.41) is 8.90. The van der Waals surface area contributed by atoms with E-state index in [0.717, 1.165) is 0 Å². The summed E-state index contributed by atoms with van der Waals surface area (Å²) < 4.78 is 21.5. The molecule has 0 rings (SSSR count). The third-order valence-electron chi connectivity index (χ3n) is 0.983. The maximum absolute atomic E-state index is 10.8. The van der Waals surface area contributed by atoms with Crippen molar-refractivity contribution in [2.24, 2.45) is 0 Å². The molecule has 2 unspecified atom stereocenters. The molecule has 0 aliphatic rings. The average Bonchev–Trinajstić information content (AvgIpc) is 1.84. The number of aliphatic hydroxyl groups is 1. The van der Waals surface area contributed by atoms with Gasteiger partial charge in [0.1, 0.15) is 0 Å². The van der Waals surface area contributed by atoms with E-state index in [-0.39, 0.29) is 0 Å².